The van der Waals surface area contributed by atoms with E-state index in [0.717, 1.165) is 15.2 Å². The Morgan fingerprint density at radius 3 is 2.38 bits per heavy atom. The lowest BCUT2D eigenvalue weighted by molar-refractivity contribution is 1.36. The van der Waals surface area contributed by atoms with Crippen LogP contribution in [-0.4, -0.2) is 0 Å². The Kier molecular flexibility index (Phi) is 4.33. The molecule has 0 N–H and O–H groups in total. The van der Waals surface area contributed by atoms with Gasteiger partial charge in [-0.2, -0.15) is 0 Å². The fourth-order valence-electron chi connectivity index (χ4n) is 1.31. The van der Waals surface area contributed by atoms with Crippen molar-refractivity contribution in [3.05, 3.63) is 63.6 Å². The predicted molar refractivity (Wildman–Crippen MR) is 75.2 cm³/mol. The molecule has 0 spiro atoms. The smallest absolute Gasteiger partial charge is 0.0406 e. The molecule has 0 amide bonds. The molecule has 0 fully saturated rings. The molecule has 0 saturated heterocycles. The van der Waals surface area contributed by atoms with Crippen molar-refractivity contribution in [2.24, 2.45) is 0 Å². The van der Waals surface area contributed by atoms with Crippen molar-refractivity contribution >= 4 is 39.3 Å². The van der Waals surface area contributed by atoms with Gasteiger partial charge in [0, 0.05) is 20.1 Å². The van der Waals surface area contributed by atoms with E-state index >= 15 is 0 Å². The van der Waals surface area contributed by atoms with E-state index in [9.17, 15) is 0 Å². The van der Waals surface area contributed by atoms with Crippen molar-refractivity contribution < 1.29 is 0 Å². The highest BCUT2D eigenvalue weighted by molar-refractivity contribution is 9.10. The Balaban J connectivity index is 2.02. The third kappa shape index (κ3) is 3.27. The highest BCUT2D eigenvalue weighted by atomic mass is 79.9. The van der Waals surface area contributed by atoms with Gasteiger partial charge in [-0.05, 0) is 35.9 Å². The van der Waals surface area contributed by atoms with Gasteiger partial charge in [-0.3, -0.25) is 0 Å². The lowest BCUT2D eigenvalue weighted by Gasteiger charge is -2.04. The van der Waals surface area contributed by atoms with Crippen LogP contribution in [0.1, 0.15) is 5.56 Å². The van der Waals surface area contributed by atoms with E-state index in [4.69, 9.17) is 11.6 Å². The lowest BCUT2D eigenvalue weighted by atomic mass is 10.2. The second-order valence-electron chi connectivity index (χ2n) is 3.33. The summed E-state index contributed by atoms with van der Waals surface area (Å²) in [6, 6.07) is 16.2. The maximum atomic E-state index is 5.84. The SMILES string of the molecule is Clc1ccc(SCc2ccccc2Br)cc1. The van der Waals surface area contributed by atoms with Crippen molar-refractivity contribution in [2.75, 3.05) is 0 Å². The van der Waals surface area contributed by atoms with E-state index in [1.807, 2.05) is 42.1 Å². The zero-order chi connectivity index (χ0) is 11.4. The van der Waals surface area contributed by atoms with Crippen LogP contribution < -0.4 is 0 Å². The molecule has 0 atom stereocenters. The predicted octanol–water partition coefficient (Wildman–Crippen LogP) is 5.39. The highest BCUT2D eigenvalue weighted by Crippen LogP contribution is 2.27. The monoisotopic (exact) mass is 312 g/mol. The summed E-state index contributed by atoms with van der Waals surface area (Å²) in [7, 11) is 0. The first-order valence-corrected chi connectivity index (χ1v) is 7.03. The number of benzene rings is 2. The van der Waals surface area contributed by atoms with Crippen LogP contribution in [0.2, 0.25) is 5.02 Å². The fraction of sp³-hybridized carbons (Fsp3) is 0.0769. The first-order valence-electron chi connectivity index (χ1n) is 4.87. The van der Waals surface area contributed by atoms with Gasteiger partial charge >= 0.3 is 0 Å². The molecule has 0 aliphatic carbocycles. The molecule has 0 aliphatic rings. The van der Waals surface area contributed by atoms with Crippen LogP contribution >= 0.6 is 39.3 Å². The van der Waals surface area contributed by atoms with E-state index in [0.29, 0.717) is 0 Å². The second kappa shape index (κ2) is 5.76. The third-order valence-corrected chi connectivity index (χ3v) is 4.25. The maximum absolute atomic E-state index is 5.84. The number of halogens is 2. The van der Waals surface area contributed by atoms with Crippen molar-refractivity contribution in [2.45, 2.75) is 10.6 Å². The first kappa shape index (κ1) is 12.0. The van der Waals surface area contributed by atoms with Gasteiger partial charge in [0.25, 0.3) is 0 Å². The molecule has 82 valence electrons. The molecule has 2 aromatic carbocycles. The zero-order valence-electron chi connectivity index (χ0n) is 8.49. The number of thioether (sulfide) groups is 1. The minimum Gasteiger partial charge on any atom is -0.121 e. The van der Waals surface area contributed by atoms with Gasteiger partial charge in [-0.25, -0.2) is 0 Å². The van der Waals surface area contributed by atoms with Crippen molar-refractivity contribution in [3.8, 4) is 0 Å². The molecule has 0 aromatic heterocycles. The van der Waals surface area contributed by atoms with E-state index in [-0.39, 0.29) is 0 Å². The van der Waals surface area contributed by atoms with Gasteiger partial charge in [0.15, 0.2) is 0 Å². The molecule has 0 unspecified atom stereocenters. The number of hydrogen-bond acceptors (Lipinski definition) is 1. The van der Waals surface area contributed by atoms with Crippen molar-refractivity contribution in [3.63, 3.8) is 0 Å². The average Bonchev–Trinajstić information content (AvgIpc) is 2.30. The van der Waals surface area contributed by atoms with Crippen LogP contribution in [-0.2, 0) is 5.75 Å². The van der Waals surface area contributed by atoms with Gasteiger partial charge in [-0.1, -0.05) is 45.7 Å². The molecular weight excluding hydrogens is 304 g/mol. The van der Waals surface area contributed by atoms with Gasteiger partial charge in [-0.15, -0.1) is 11.8 Å². The van der Waals surface area contributed by atoms with E-state index in [2.05, 4.69) is 34.1 Å². The Labute approximate surface area is 113 Å². The summed E-state index contributed by atoms with van der Waals surface area (Å²) in [5.74, 6) is 0.961. The summed E-state index contributed by atoms with van der Waals surface area (Å²) in [4.78, 5) is 1.24. The summed E-state index contributed by atoms with van der Waals surface area (Å²) in [6.45, 7) is 0. The fourth-order valence-corrected chi connectivity index (χ4v) is 2.95. The summed E-state index contributed by atoms with van der Waals surface area (Å²) >= 11 is 11.2. The molecule has 3 heteroatoms. The molecule has 0 bridgehead atoms. The molecule has 0 saturated carbocycles. The Morgan fingerprint density at radius 2 is 1.69 bits per heavy atom. The number of rotatable bonds is 3. The van der Waals surface area contributed by atoms with Gasteiger partial charge < -0.3 is 0 Å². The van der Waals surface area contributed by atoms with Crippen molar-refractivity contribution in [1.29, 1.82) is 0 Å². The largest absolute Gasteiger partial charge is 0.121 e. The minimum absolute atomic E-state index is 0.783. The Hall–Kier alpha value is -0.440. The van der Waals surface area contributed by atoms with Crippen LogP contribution in [0, 0.1) is 0 Å². The highest BCUT2D eigenvalue weighted by Gasteiger charge is 2.00. The van der Waals surface area contributed by atoms with Crippen LogP contribution in [0.4, 0.5) is 0 Å². The quantitative estimate of drug-likeness (QED) is 0.684. The summed E-state index contributed by atoms with van der Waals surface area (Å²) in [6.07, 6.45) is 0. The standard InChI is InChI=1S/C13H10BrClS/c14-13-4-2-1-3-10(13)9-16-12-7-5-11(15)6-8-12/h1-8H,9H2. The zero-order valence-corrected chi connectivity index (χ0v) is 11.6. The van der Waals surface area contributed by atoms with Gasteiger partial charge in [0.2, 0.25) is 0 Å². The first-order chi connectivity index (χ1) is 7.75. The Morgan fingerprint density at radius 1 is 1.00 bits per heavy atom. The normalized spacial score (nSPS) is 10.4. The van der Waals surface area contributed by atoms with Crippen LogP contribution in [0.3, 0.4) is 0 Å². The molecule has 2 aromatic rings. The third-order valence-electron chi connectivity index (χ3n) is 2.17. The number of hydrogen-bond donors (Lipinski definition) is 0. The molecule has 0 heterocycles. The van der Waals surface area contributed by atoms with E-state index < -0.39 is 0 Å². The lowest BCUT2D eigenvalue weighted by Crippen LogP contribution is -1.81. The summed E-state index contributed by atoms with van der Waals surface area (Å²) in [5.41, 5.74) is 1.31. The average molecular weight is 314 g/mol. The molecule has 2 rings (SSSR count). The van der Waals surface area contributed by atoms with E-state index in [1.165, 1.54) is 10.5 Å². The Bertz CT molecular complexity index is 468. The summed E-state index contributed by atoms with van der Waals surface area (Å²) < 4.78 is 1.16. The van der Waals surface area contributed by atoms with Crippen LogP contribution in [0.25, 0.3) is 0 Å². The van der Waals surface area contributed by atoms with Gasteiger partial charge in [0.05, 0.1) is 0 Å². The molecule has 0 aliphatic heterocycles. The molecule has 0 radical (unpaired) electrons. The van der Waals surface area contributed by atoms with E-state index in [1.54, 1.807) is 0 Å². The van der Waals surface area contributed by atoms with Crippen LogP contribution in [0.15, 0.2) is 57.9 Å². The topological polar surface area (TPSA) is 0 Å². The van der Waals surface area contributed by atoms with Gasteiger partial charge in [0.1, 0.15) is 0 Å². The second-order valence-corrected chi connectivity index (χ2v) is 5.67. The minimum atomic E-state index is 0.783. The van der Waals surface area contributed by atoms with Crippen molar-refractivity contribution in [1.82, 2.24) is 0 Å². The maximum Gasteiger partial charge on any atom is 0.0406 e. The molecule has 16 heavy (non-hydrogen) atoms. The van der Waals surface area contributed by atoms with Crippen LogP contribution in [0.5, 0.6) is 0 Å². The molecule has 0 nitrogen and oxygen atoms in total. The molecular formula is C13H10BrClS. The summed E-state index contributed by atoms with van der Waals surface area (Å²) in [5, 5.41) is 0.783.